The number of carbonyl (C=O) groups is 1. The van der Waals surface area contributed by atoms with Gasteiger partial charge in [0.25, 0.3) is 0 Å². The van der Waals surface area contributed by atoms with Crippen LogP contribution in [0.3, 0.4) is 0 Å². The molecule has 1 aromatic carbocycles. The van der Waals surface area contributed by atoms with Crippen LogP contribution in [0.5, 0.6) is 5.75 Å². The van der Waals surface area contributed by atoms with Gasteiger partial charge in [-0.3, -0.25) is 4.98 Å². The lowest BCUT2D eigenvalue weighted by molar-refractivity contribution is 0.200. The summed E-state index contributed by atoms with van der Waals surface area (Å²) in [5.74, 6) is 0.496. The Morgan fingerprint density at radius 3 is 3.00 bits per heavy atom. The van der Waals surface area contributed by atoms with Crippen molar-refractivity contribution in [2.24, 2.45) is 0 Å². The van der Waals surface area contributed by atoms with Crippen molar-refractivity contribution < 1.29 is 9.53 Å². The summed E-state index contributed by atoms with van der Waals surface area (Å²) in [5.41, 5.74) is 10.3. The minimum atomic E-state index is -0.428. The second kappa shape index (κ2) is 6.86. The predicted molar refractivity (Wildman–Crippen MR) is 91.7 cm³/mol. The van der Waals surface area contributed by atoms with Crippen LogP contribution in [0.4, 0.5) is 10.5 Å². The van der Waals surface area contributed by atoms with E-state index in [1.54, 1.807) is 6.07 Å². The third-order valence-corrected chi connectivity index (χ3v) is 4.29. The minimum Gasteiger partial charge on any atom is -0.410 e. The summed E-state index contributed by atoms with van der Waals surface area (Å²) in [5, 5.41) is 3.60. The molecule has 3 N–H and O–H groups in total. The third kappa shape index (κ3) is 3.38. The summed E-state index contributed by atoms with van der Waals surface area (Å²) >= 11 is 0. The van der Waals surface area contributed by atoms with E-state index in [4.69, 9.17) is 15.5 Å². The number of rotatable bonds is 4. The number of nitrogen functional groups attached to an aromatic ring is 1. The van der Waals surface area contributed by atoms with Gasteiger partial charge in [0.05, 0.1) is 5.52 Å². The van der Waals surface area contributed by atoms with Gasteiger partial charge in [-0.15, -0.1) is 0 Å². The van der Waals surface area contributed by atoms with Gasteiger partial charge in [-0.1, -0.05) is 13.3 Å². The fraction of sp³-hybridized carbons (Fsp3) is 0.444. The van der Waals surface area contributed by atoms with E-state index < -0.39 is 6.09 Å². The van der Waals surface area contributed by atoms with E-state index in [9.17, 15) is 4.79 Å². The number of aromatic nitrogens is 1. The molecule has 122 valence electrons. The summed E-state index contributed by atoms with van der Waals surface area (Å²) < 4.78 is 5.33. The number of nitrogens with zero attached hydrogens (tertiary/aromatic N) is 1. The molecule has 0 saturated carbocycles. The molecule has 0 fully saturated rings. The molecule has 0 saturated heterocycles. The van der Waals surface area contributed by atoms with Crippen molar-refractivity contribution in [1.29, 1.82) is 0 Å². The molecule has 3 rings (SSSR count). The van der Waals surface area contributed by atoms with E-state index in [-0.39, 0.29) is 0 Å². The molecule has 5 nitrogen and oxygen atoms in total. The van der Waals surface area contributed by atoms with E-state index in [0.29, 0.717) is 12.3 Å². The first-order chi connectivity index (χ1) is 11.2. The second-order valence-electron chi connectivity index (χ2n) is 6.01. The monoisotopic (exact) mass is 313 g/mol. The molecule has 1 aliphatic carbocycles. The lowest BCUT2D eigenvalue weighted by atomic mass is 9.93. The predicted octanol–water partition coefficient (Wildman–Crippen LogP) is 3.58. The Kier molecular flexibility index (Phi) is 4.65. The van der Waals surface area contributed by atoms with Gasteiger partial charge >= 0.3 is 6.09 Å². The Hall–Kier alpha value is -2.30. The van der Waals surface area contributed by atoms with Gasteiger partial charge in [-0.05, 0) is 55.9 Å². The largest absolute Gasteiger partial charge is 0.412 e. The van der Waals surface area contributed by atoms with Crippen LogP contribution >= 0.6 is 0 Å². The van der Waals surface area contributed by atoms with Crippen LogP contribution < -0.4 is 15.8 Å². The number of hydrogen-bond acceptors (Lipinski definition) is 4. The molecule has 1 aromatic heterocycles. The molecule has 2 aromatic rings. The highest BCUT2D eigenvalue weighted by atomic mass is 16.6. The molecule has 0 radical (unpaired) electrons. The summed E-state index contributed by atoms with van der Waals surface area (Å²) in [7, 11) is 0. The smallest absolute Gasteiger partial charge is 0.410 e. The summed E-state index contributed by atoms with van der Waals surface area (Å²) in [6.07, 6.45) is 5.84. The quantitative estimate of drug-likeness (QED) is 0.846. The highest BCUT2D eigenvalue weighted by Crippen LogP contribution is 2.32. The van der Waals surface area contributed by atoms with Crippen molar-refractivity contribution >= 4 is 22.7 Å². The zero-order valence-electron chi connectivity index (χ0n) is 13.5. The number of ether oxygens (including phenoxy) is 1. The van der Waals surface area contributed by atoms with Crippen LogP contribution in [-0.4, -0.2) is 17.6 Å². The maximum atomic E-state index is 11.8. The molecule has 0 bridgehead atoms. The average Bonchev–Trinajstić information content (AvgIpc) is 2.56. The van der Waals surface area contributed by atoms with Gasteiger partial charge in [0.15, 0.2) is 0 Å². The molecule has 0 aliphatic heterocycles. The van der Waals surface area contributed by atoms with Gasteiger partial charge in [0.1, 0.15) is 5.75 Å². The highest BCUT2D eigenvalue weighted by Gasteiger charge is 2.17. The first kappa shape index (κ1) is 15.6. The fourth-order valence-electron chi connectivity index (χ4n) is 3.01. The van der Waals surface area contributed by atoms with Crippen molar-refractivity contribution in [2.45, 2.75) is 45.4 Å². The summed E-state index contributed by atoms with van der Waals surface area (Å²) in [4.78, 5) is 16.5. The number of hydrogen-bond donors (Lipinski definition) is 2. The Morgan fingerprint density at radius 1 is 1.35 bits per heavy atom. The number of benzene rings is 1. The molecular weight excluding hydrogens is 290 g/mol. The molecule has 0 unspecified atom stereocenters. The van der Waals surface area contributed by atoms with Gasteiger partial charge in [-0.25, -0.2) is 4.79 Å². The zero-order valence-corrected chi connectivity index (χ0v) is 13.5. The Labute approximate surface area is 136 Å². The van der Waals surface area contributed by atoms with Crippen LogP contribution in [0.2, 0.25) is 0 Å². The number of anilines is 1. The van der Waals surface area contributed by atoms with E-state index in [0.717, 1.165) is 60.0 Å². The van der Waals surface area contributed by atoms with Crippen LogP contribution in [0.15, 0.2) is 18.2 Å². The van der Waals surface area contributed by atoms with Gasteiger partial charge in [0.2, 0.25) is 0 Å². The normalized spacial score (nSPS) is 13.6. The lowest BCUT2D eigenvalue weighted by Crippen LogP contribution is -2.27. The van der Waals surface area contributed by atoms with Crippen molar-refractivity contribution in [2.75, 3.05) is 12.3 Å². The molecule has 1 aliphatic rings. The van der Waals surface area contributed by atoms with Crippen molar-refractivity contribution in [3.8, 4) is 5.75 Å². The number of carbonyl (C=O) groups excluding carboxylic acids is 1. The highest BCUT2D eigenvalue weighted by molar-refractivity contribution is 5.93. The van der Waals surface area contributed by atoms with Crippen LogP contribution in [0.25, 0.3) is 10.9 Å². The molecule has 0 spiro atoms. The van der Waals surface area contributed by atoms with Crippen LogP contribution in [0.1, 0.15) is 43.9 Å². The maximum absolute atomic E-state index is 11.8. The maximum Gasteiger partial charge on any atom is 0.412 e. The van der Waals surface area contributed by atoms with E-state index in [1.165, 1.54) is 6.42 Å². The molecule has 1 heterocycles. The second-order valence-corrected chi connectivity index (χ2v) is 6.01. The summed E-state index contributed by atoms with van der Waals surface area (Å²) in [6, 6.07) is 5.45. The standard InChI is InChI=1S/C18H23N3O2/c1-2-3-10-20-18(22)23-12-8-9-16-14(11-12)17(19)13-6-4-5-7-15(13)21-16/h8-9,11H,2-7,10H2,1H3,(H2,19,21)(H,20,22). The number of fused-ring (bicyclic) bond motifs is 2. The average molecular weight is 313 g/mol. The molecule has 1 amide bonds. The molecule has 0 atom stereocenters. The Bertz CT molecular complexity index is 728. The number of amides is 1. The number of nitrogens with two attached hydrogens (primary N) is 1. The number of aryl methyl sites for hydroxylation is 1. The fourth-order valence-corrected chi connectivity index (χ4v) is 3.01. The van der Waals surface area contributed by atoms with E-state index >= 15 is 0 Å². The van der Waals surface area contributed by atoms with Crippen LogP contribution in [0, 0.1) is 0 Å². The third-order valence-electron chi connectivity index (χ3n) is 4.29. The topological polar surface area (TPSA) is 77.2 Å². The molecule has 23 heavy (non-hydrogen) atoms. The summed E-state index contributed by atoms with van der Waals surface area (Å²) in [6.45, 7) is 2.70. The van der Waals surface area contributed by atoms with Gasteiger partial charge < -0.3 is 15.8 Å². The first-order valence-electron chi connectivity index (χ1n) is 8.35. The Morgan fingerprint density at radius 2 is 2.17 bits per heavy atom. The number of unbranched alkanes of at least 4 members (excludes halogenated alkanes) is 1. The lowest BCUT2D eigenvalue weighted by Gasteiger charge is -2.18. The molecular formula is C18H23N3O2. The van der Waals surface area contributed by atoms with Crippen molar-refractivity contribution in [3.05, 3.63) is 29.5 Å². The van der Waals surface area contributed by atoms with E-state index in [2.05, 4.69) is 12.2 Å². The van der Waals surface area contributed by atoms with Crippen molar-refractivity contribution in [3.63, 3.8) is 0 Å². The van der Waals surface area contributed by atoms with Crippen molar-refractivity contribution in [1.82, 2.24) is 10.3 Å². The minimum absolute atomic E-state index is 0.428. The zero-order chi connectivity index (χ0) is 16.2. The SMILES string of the molecule is CCCCNC(=O)Oc1ccc2nc3c(c(N)c2c1)CCCC3. The first-order valence-corrected chi connectivity index (χ1v) is 8.35. The van der Waals surface area contributed by atoms with E-state index in [1.807, 2.05) is 12.1 Å². The van der Waals surface area contributed by atoms with Gasteiger partial charge in [0, 0.05) is 23.3 Å². The Balaban J connectivity index is 1.84. The van der Waals surface area contributed by atoms with Gasteiger partial charge in [-0.2, -0.15) is 0 Å². The molecule has 5 heteroatoms. The van der Waals surface area contributed by atoms with Crippen LogP contribution in [-0.2, 0) is 12.8 Å². The number of nitrogens with one attached hydrogen (secondary N) is 1. The number of pyridine rings is 1.